The lowest BCUT2D eigenvalue weighted by molar-refractivity contribution is 0.213. The van der Waals surface area contributed by atoms with Gasteiger partial charge in [-0.3, -0.25) is 0 Å². The lowest BCUT2D eigenvalue weighted by Crippen LogP contribution is -2.39. The normalized spacial score (nSPS) is 23.7. The first kappa shape index (κ1) is 14.3. The maximum atomic E-state index is 12.4. The SMILES string of the molecule is Cc1cccc(N)c1S(=O)(=O)NC1CCCC1CO. The molecule has 0 spiro atoms. The minimum absolute atomic E-state index is 0.0000165. The second kappa shape index (κ2) is 5.48. The number of aliphatic hydroxyl groups excluding tert-OH is 1. The number of nitrogens with two attached hydrogens (primary N) is 1. The van der Waals surface area contributed by atoms with Gasteiger partial charge in [-0.15, -0.1) is 0 Å². The Balaban J connectivity index is 2.28. The Hall–Kier alpha value is -1.11. The second-order valence-corrected chi connectivity index (χ2v) is 6.75. The zero-order valence-corrected chi connectivity index (χ0v) is 11.8. The molecule has 5 nitrogen and oxygen atoms in total. The predicted octanol–water partition coefficient (Wildman–Crippen LogP) is 1.02. The van der Waals surface area contributed by atoms with Crippen molar-refractivity contribution in [3.05, 3.63) is 23.8 Å². The van der Waals surface area contributed by atoms with Gasteiger partial charge in [-0.1, -0.05) is 18.6 Å². The van der Waals surface area contributed by atoms with Gasteiger partial charge in [0, 0.05) is 12.6 Å². The molecule has 19 heavy (non-hydrogen) atoms. The third-order valence-electron chi connectivity index (χ3n) is 3.71. The van der Waals surface area contributed by atoms with Crippen LogP contribution in [0.25, 0.3) is 0 Å². The largest absolute Gasteiger partial charge is 0.398 e. The summed E-state index contributed by atoms with van der Waals surface area (Å²) in [5.41, 5.74) is 6.67. The molecular formula is C13H20N2O3S. The van der Waals surface area contributed by atoms with Gasteiger partial charge < -0.3 is 10.8 Å². The van der Waals surface area contributed by atoms with E-state index in [0.717, 1.165) is 19.3 Å². The standard InChI is InChI=1S/C13H20N2O3S/c1-9-4-2-6-11(14)13(9)19(17,18)15-12-7-3-5-10(12)8-16/h2,4,6,10,12,15-16H,3,5,7-8,14H2,1H3. The third-order valence-corrected chi connectivity index (χ3v) is 5.42. The van der Waals surface area contributed by atoms with Gasteiger partial charge in [-0.2, -0.15) is 0 Å². The number of aryl methyl sites for hydroxylation is 1. The van der Waals surface area contributed by atoms with E-state index in [-0.39, 0.29) is 29.1 Å². The van der Waals surface area contributed by atoms with Crippen LogP contribution >= 0.6 is 0 Å². The maximum absolute atomic E-state index is 12.4. The Morgan fingerprint density at radius 3 is 2.79 bits per heavy atom. The quantitative estimate of drug-likeness (QED) is 0.720. The average Bonchev–Trinajstić information content (AvgIpc) is 2.74. The fourth-order valence-electron chi connectivity index (χ4n) is 2.71. The lowest BCUT2D eigenvalue weighted by atomic mass is 10.1. The first-order chi connectivity index (χ1) is 8.95. The highest BCUT2D eigenvalue weighted by atomic mass is 32.2. The molecule has 2 unspecified atom stereocenters. The van der Waals surface area contributed by atoms with E-state index in [9.17, 15) is 13.5 Å². The molecule has 0 aliphatic heterocycles. The van der Waals surface area contributed by atoms with Crippen LogP contribution in [0, 0.1) is 12.8 Å². The molecule has 1 saturated carbocycles. The number of benzene rings is 1. The van der Waals surface area contributed by atoms with E-state index in [1.54, 1.807) is 25.1 Å². The summed E-state index contributed by atoms with van der Waals surface area (Å²) in [6, 6.07) is 4.84. The second-order valence-electron chi connectivity index (χ2n) is 5.09. The molecule has 2 rings (SSSR count). The lowest BCUT2D eigenvalue weighted by Gasteiger charge is -2.20. The van der Waals surface area contributed by atoms with Gasteiger partial charge in [0.1, 0.15) is 4.90 Å². The van der Waals surface area contributed by atoms with Gasteiger partial charge in [0.25, 0.3) is 0 Å². The van der Waals surface area contributed by atoms with Crippen molar-refractivity contribution in [2.75, 3.05) is 12.3 Å². The van der Waals surface area contributed by atoms with Crippen LogP contribution in [0.1, 0.15) is 24.8 Å². The van der Waals surface area contributed by atoms with Crippen LogP contribution in [0.5, 0.6) is 0 Å². The third kappa shape index (κ3) is 2.91. The van der Waals surface area contributed by atoms with Crippen molar-refractivity contribution < 1.29 is 13.5 Å². The van der Waals surface area contributed by atoms with Crippen molar-refractivity contribution in [3.63, 3.8) is 0 Å². The molecule has 1 fully saturated rings. The van der Waals surface area contributed by atoms with Crippen LogP contribution < -0.4 is 10.5 Å². The fourth-order valence-corrected chi connectivity index (χ4v) is 4.41. The van der Waals surface area contributed by atoms with Crippen LogP contribution in [0.3, 0.4) is 0 Å². The topological polar surface area (TPSA) is 92.4 Å². The number of hydrogen-bond donors (Lipinski definition) is 3. The van der Waals surface area contributed by atoms with E-state index in [2.05, 4.69) is 4.72 Å². The van der Waals surface area contributed by atoms with Crippen molar-refractivity contribution in [3.8, 4) is 0 Å². The van der Waals surface area contributed by atoms with Crippen molar-refractivity contribution in [2.45, 2.75) is 37.1 Å². The van der Waals surface area contributed by atoms with Crippen LogP contribution in [-0.4, -0.2) is 26.2 Å². The molecule has 1 aliphatic carbocycles. The monoisotopic (exact) mass is 284 g/mol. The molecule has 1 aromatic rings. The number of nitrogens with one attached hydrogen (secondary N) is 1. The summed E-state index contributed by atoms with van der Waals surface area (Å²) in [4.78, 5) is 0.151. The molecule has 0 saturated heterocycles. The number of aliphatic hydroxyl groups is 1. The van der Waals surface area contributed by atoms with Crippen LogP contribution in [0.2, 0.25) is 0 Å². The van der Waals surface area contributed by atoms with Crippen molar-refractivity contribution in [2.24, 2.45) is 5.92 Å². The Morgan fingerprint density at radius 1 is 1.42 bits per heavy atom. The molecule has 4 N–H and O–H groups in total. The van der Waals surface area contributed by atoms with Gasteiger partial charge in [-0.05, 0) is 37.3 Å². The van der Waals surface area contributed by atoms with Gasteiger partial charge in [0.15, 0.2) is 0 Å². The van der Waals surface area contributed by atoms with Gasteiger partial charge >= 0.3 is 0 Å². The molecular weight excluding hydrogens is 264 g/mol. The average molecular weight is 284 g/mol. The van der Waals surface area contributed by atoms with E-state index in [1.165, 1.54) is 0 Å². The molecule has 0 heterocycles. The summed E-state index contributed by atoms with van der Waals surface area (Å²) in [6.07, 6.45) is 2.55. The molecule has 0 radical (unpaired) electrons. The smallest absolute Gasteiger partial charge is 0.243 e. The summed E-state index contributed by atoms with van der Waals surface area (Å²) in [5.74, 6) is 0.0000165. The number of rotatable bonds is 4. The number of nitrogen functional groups attached to an aromatic ring is 1. The Labute approximate surface area is 113 Å². The van der Waals surface area contributed by atoms with Crippen molar-refractivity contribution >= 4 is 15.7 Å². The molecule has 6 heteroatoms. The zero-order valence-electron chi connectivity index (χ0n) is 11.0. The van der Waals surface area contributed by atoms with Crippen LogP contribution in [0.15, 0.2) is 23.1 Å². The first-order valence-electron chi connectivity index (χ1n) is 6.44. The Morgan fingerprint density at radius 2 is 2.16 bits per heavy atom. The van der Waals surface area contributed by atoms with E-state index >= 15 is 0 Å². The van der Waals surface area contributed by atoms with Gasteiger partial charge in [-0.25, -0.2) is 13.1 Å². The van der Waals surface area contributed by atoms with Crippen molar-refractivity contribution in [1.29, 1.82) is 0 Å². The number of hydrogen-bond acceptors (Lipinski definition) is 4. The van der Waals surface area contributed by atoms with Gasteiger partial charge in [0.05, 0.1) is 5.69 Å². The Kier molecular flexibility index (Phi) is 4.13. The highest BCUT2D eigenvalue weighted by Gasteiger charge is 2.31. The zero-order chi connectivity index (χ0) is 14.0. The maximum Gasteiger partial charge on any atom is 0.243 e. The molecule has 0 bridgehead atoms. The first-order valence-corrected chi connectivity index (χ1v) is 7.92. The van der Waals surface area contributed by atoms with E-state index in [1.807, 2.05) is 0 Å². The fraction of sp³-hybridized carbons (Fsp3) is 0.538. The van der Waals surface area contributed by atoms with E-state index in [4.69, 9.17) is 5.73 Å². The van der Waals surface area contributed by atoms with Crippen LogP contribution in [0.4, 0.5) is 5.69 Å². The summed E-state index contributed by atoms with van der Waals surface area (Å²) < 4.78 is 27.5. The summed E-state index contributed by atoms with van der Waals surface area (Å²) in [6.45, 7) is 1.74. The van der Waals surface area contributed by atoms with Gasteiger partial charge in [0.2, 0.25) is 10.0 Å². The predicted molar refractivity (Wildman–Crippen MR) is 74.1 cm³/mol. The molecule has 0 aromatic heterocycles. The van der Waals surface area contributed by atoms with Crippen LogP contribution in [-0.2, 0) is 10.0 Å². The minimum atomic E-state index is -3.63. The van der Waals surface area contributed by atoms with E-state index in [0.29, 0.717) is 5.56 Å². The van der Waals surface area contributed by atoms with Crippen molar-refractivity contribution in [1.82, 2.24) is 4.72 Å². The Bertz CT molecular complexity index is 537. The highest BCUT2D eigenvalue weighted by molar-refractivity contribution is 7.89. The summed E-state index contributed by atoms with van der Waals surface area (Å²) >= 11 is 0. The number of sulfonamides is 1. The molecule has 0 amide bonds. The summed E-state index contributed by atoms with van der Waals surface area (Å²) in [7, 11) is -3.63. The molecule has 1 aromatic carbocycles. The summed E-state index contributed by atoms with van der Waals surface area (Å²) in [5, 5.41) is 9.25. The number of anilines is 1. The minimum Gasteiger partial charge on any atom is -0.398 e. The van der Waals surface area contributed by atoms with E-state index < -0.39 is 10.0 Å². The molecule has 106 valence electrons. The highest BCUT2D eigenvalue weighted by Crippen LogP contribution is 2.28. The molecule has 1 aliphatic rings. The molecule has 2 atom stereocenters.